The lowest BCUT2D eigenvalue weighted by atomic mass is 10.2. The summed E-state index contributed by atoms with van der Waals surface area (Å²) in [6.07, 6.45) is 1.71. The number of aromatic nitrogens is 4. The van der Waals surface area contributed by atoms with Gasteiger partial charge >= 0.3 is 0 Å². The molecule has 0 aromatic carbocycles. The minimum absolute atomic E-state index is 0.128. The highest BCUT2D eigenvalue weighted by Gasteiger charge is 2.35. The molecule has 4 N–H and O–H groups in total. The van der Waals surface area contributed by atoms with Crippen LogP contribution in [-0.4, -0.2) is 48.5 Å². The highest BCUT2D eigenvalue weighted by molar-refractivity contribution is 5.70. The lowest BCUT2D eigenvalue weighted by Crippen LogP contribution is -2.19. The Bertz CT molecular complexity index is 572. The summed E-state index contributed by atoms with van der Waals surface area (Å²) in [5.41, 5.74) is 6.61. The van der Waals surface area contributed by atoms with Crippen molar-refractivity contribution in [2.75, 3.05) is 12.3 Å². The first-order valence-corrected chi connectivity index (χ1v) is 5.58. The van der Waals surface area contributed by atoms with Crippen LogP contribution in [0.2, 0.25) is 0 Å². The van der Waals surface area contributed by atoms with Gasteiger partial charge in [-0.05, 0) is 0 Å². The molecule has 2 aromatic heterocycles. The number of fused-ring (bicyclic) bond motifs is 1. The Hall–Kier alpha value is -1.77. The van der Waals surface area contributed by atoms with E-state index in [9.17, 15) is 5.11 Å². The van der Waals surface area contributed by atoms with Crippen molar-refractivity contribution in [2.24, 2.45) is 0 Å². The standard InChI is InChI=1S/C10H13N5O3/c11-10-12-2-6-8(14-10)15(4-13-6)9-7(17)1-5(3-16)18-9/h2,4-5,7,9,16-17H,1,3H2,(H2,11,12,14)/t5-,7+,9+/m0/s1. The van der Waals surface area contributed by atoms with E-state index in [1.807, 2.05) is 0 Å². The SMILES string of the molecule is Nc1ncc2ncn([C@@H]3O[C@H](CO)C[C@H]3O)c2n1. The molecule has 0 spiro atoms. The molecule has 0 saturated carbocycles. The molecule has 18 heavy (non-hydrogen) atoms. The molecular weight excluding hydrogens is 238 g/mol. The first-order valence-electron chi connectivity index (χ1n) is 5.58. The number of aliphatic hydroxyl groups excluding tert-OH is 2. The smallest absolute Gasteiger partial charge is 0.222 e. The second-order valence-corrected chi connectivity index (χ2v) is 4.22. The van der Waals surface area contributed by atoms with Crippen LogP contribution in [0.1, 0.15) is 12.6 Å². The molecule has 2 aromatic rings. The number of anilines is 1. The summed E-state index contributed by atoms with van der Waals surface area (Å²) in [7, 11) is 0. The first kappa shape index (κ1) is 11.3. The van der Waals surface area contributed by atoms with Crippen molar-refractivity contribution in [3.05, 3.63) is 12.5 Å². The third-order valence-electron chi connectivity index (χ3n) is 2.98. The molecule has 96 valence electrons. The number of nitrogens with two attached hydrogens (primary N) is 1. The van der Waals surface area contributed by atoms with Gasteiger partial charge in [-0.15, -0.1) is 0 Å². The largest absolute Gasteiger partial charge is 0.394 e. The average Bonchev–Trinajstić information content (AvgIpc) is 2.92. The van der Waals surface area contributed by atoms with E-state index in [0.717, 1.165) is 0 Å². The van der Waals surface area contributed by atoms with Gasteiger partial charge in [0.2, 0.25) is 5.95 Å². The summed E-state index contributed by atoms with van der Waals surface area (Å²) < 4.78 is 7.14. The number of imidazole rings is 1. The van der Waals surface area contributed by atoms with Crippen LogP contribution in [0, 0.1) is 0 Å². The number of hydrogen-bond acceptors (Lipinski definition) is 7. The van der Waals surface area contributed by atoms with Gasteiger partial charge in [0.15, 0.2) is 11.9 Å². The van der Waals surface area contributed by atoms with E-state index < -0.39 is 12.3 Å². The Morgan fingerprint density at radius 3 is 3.06 bits per heavy atom. The van der Waals surface area contributed by atoms with E-state index in [1.165, 1.54) is 12.5 Å². The summed E-state index contributed by atoms with van der Waals surface area (Å²) in [6.45, 7) is -0.128. The zero-order valence-corrected chi connectivity index (χ0v) is 9.47. The van der Waals surface area contributed by atoms with Gasteiger partial charge in [-0.2, -0.15) is 4.98 Å². The number of rotatable bonds is 2. The normalized spacial score (nSPS) is 28.0. The van der Waals surface area contributed by atoms with E-state index in [0.29, 0.717) is 17.6 Å². The predicted molar refractivity (Wildman–Crippen MR) is 61.4 cm³/mol. The molecule has 1 saturated heterocycles. The third-order valence-corrected chi connectivity index (χ3v) is 2.98. The van der Waals surface area contributed by atoms with Crippen LogP contribution < -0.4 is 5.73 Å². The molecule has 0 radical (unpaired) electrons. The molecular formula is C10H13N5O3. The molecule has 1 fully saturated rings. The van der Waals surface area contributed by atoms with Gasteiger partial charge in [-0.1, -0.05) is 0 Å². The zero-order valence-electron chi connectivity index (χ0n) is 9.47. The van der Waals surface area contributed by atoms with Crippen molar-refractivity contribution >= 4 is 17.1 Å². The zero-order chi connectivity index (χ0) is 12.7. The summed E-state index contributed by atoms with van der Waals surface area (Å²) in [6, 6.07) is 0. The Morgan fingerprint density at radius 1 is 1.50 bits per heavy atom. The summed E-state index contributed by atoms with van der Waals surface area (Å²) in [5.74, 6) is 0.135. The van der Waals surface area contributed by atoms with Gasteiger partial charge in [0.1, 0.15) is 11.6 Å². The van der Waals surface area contributed by atoms with Crippen molar-refractivity contribution < 1.29 is 14.9 Å². The number of aliphatic hydroxyl groups is 2. The maximum absolute atomic E-state index is 9.93. The van der Waals surface area contributed by atoms with Crippen LogP contribution in [0.15, 0.2) is 12.5 Å². The fourth-order valence-corrected chi connectivity index (χ4v) is 2.12. The van der Waals surface area contributed by atoms with E-state index >= 15 is 0 Å². The third kappa shape index (κ3) is 1.70. The van der Waals surface area contributed by atoms with Crippen LogP contribution in [0.3, 0.4) is 0 Å². The lowest BCUT2D eigenvalue weighted by Gasteiger charge is -2.16. The van der Waals surface area contributed by atoms with Gasteiger partial charge < -0.3 is 20.7 Å². The molecule has 0 amide bonds. The molecule has 0 bridgehead atoms. The lowest BCUT2D eigenvalue weighted by molar-refractivity contribution is -0.0486. The van der Waals surface area contributed by atoms with E-state index in [1.54, 1.807) is 4.57 Å². The molecule has 3 heterocycles. The summed E-state index contributed by atoms with van der Waals surface area (Å²) in [4.78, 5) is 12.0. The highest BCUT2D eigenvalue weighted by atomic mass is 16.5. The Morgan fingerprint density at radius 2 is 2.33 bits per heavy atom. The van der Waals surface area contributed by atoms with E-state index in [2.05, 4.69) is 15.0 Å². The molecule has 8 heteroatoms. The quantitative estimate of drug-likeness (QED) is 0.629. The molecule has 1 aliphatic rings. The van der Waals surface area contributed by atoms with Gasteiger partial charge in [-0.25, -0.2) is 9.97 Å². The van der Waals surface area contributed by atoms with Crippen LogP contribution >= 0.6 is 0 Å². The van der Waals surface area contributed by atoms with Crippen molar-refractivity contribution in [1.29, 1.82) is 0 Å². The van der Waals surface area contributed by atoms with E-state index in [-0.39, 0.29) is 18.7 Å². The Labute approximate surface area is 102 Å². The summed E-state index contributed by atoms with van der Waals surface area (Å²) in [5, 5.41) is 19.0. The predicted octanol–water partition coefficient (Wildman–Crippen LogP) is -0.951. The Kier molecular flexibility index (Phi) is 2.62. The van der Waals surface area contributed by atoms with Gasteiger partial charge in [0.05, 0.1) is 25.2 Å². The molecule has 3 rings (SSSR count). The Balaban J connectivity index is 2.01. The summed E-state index contributed by atoms with van der Waals surface area (Å²) >= 11 is 0. The fourth-order valence-electron chi connectivity index (χ4n) is 2.12. The molecule has 0 unspecified atom stereocenters. The number of ether oxygens (including phenoxy) is 1. The van der Waals surface area contributed by atoms with Crippen LogP contribution in [0.5, 0.6) is 0 Å². The highest BCUT2D eigenvalue weighted by Crippen LogP contribution is 2.30. The van der Waals surface area contributed by atoms with Crippen molar-refractivity contribution in [3.63, 3.8) is 0 Å². The second-order valence-electron chi connectivity index (χ2n) is 4.22. The molecule has 3 atom stereocenters. The molecule has 8 nitrogen and oxygen atoms in total. The van der Waals surface area contributed by atoms with Crippen molar-refractivity contribution in [3.8, 4) is 0 Å². The van der Waals surface area contributed by atoms with Gasteiger partial charge in [0.25, 0.3) is 0 Å². The molecule has 0 aliphatic carbocycles. The monoisotopic (exact) mass is 251 g/mol. The number of hydrogen-bond donors (Lipinski definition) is 3. The fraction of sp³-hybridized carbons (Fsp3) is 0.500. The minimum Gasteiger partial charge on any atom is -0.394 e. The van der Waals surface area contributed by atoms with Gasteiger partial charge in [-0.3, -0.25) is 4.57 Å². The molecule has 1 aliphatic heterocycles. The average molecular weight is 251 g/mol. The number of nitrogens with zero attached hydrogens (tertiary/aromatic N) is 4. The number of nitrogen functional groups attached to an aromatic ring is 1. The van der Waals surface area contributed by atoms with Gasteiger partial charge in [0, 0.05) is 6.42 Å². The van der Waals surface area contributed by atoms with Crippen molar-refractivity contribution in [2.45, 2.75) is 24.9 Å². The van der Waals surface area contributed by atoms with Crippen LogP contribution in [0.4, 0.5) is 5.95 Å². The first-order chi connectivity index (χ1) is 8.69. The second kappa shape index (κ2) is 4.16. The van der Waals surface area contributed by atoms with E-state index in [4.69, 9.17) is 15.6 Å². The van der Waals surface area contributed by atoms with Crippen LogP contribution in [-0.2, 0) is 4.74 Å². The topological polar surface area (TPSA) is 119 Å². The maximum Gasteiger partial charge on any atom is 0.222 e. The van der Waals surface area contributed by atoms with Crippen molar-refractivity contribution in [1.82, 2.24) is 19.5 Å². The van der Waals surface area contributed by atoms with Crippen LogP contribution in [0.25, 0.3) is 11.2 Å². The minimum atomic E-state index is -0.712. The maximum atomic E-state index is 9.93.